The fourth-order valence-electron chi connectivity index (χ4n) is 5.92. The van der Waals surface area contributed by atoms with Crippen LogP contribution in [0.15, 0.2) is 28.7 Å². The molecule has 166 valence electrons. The van der Waals surface area contributed by atoms with Crippen LogP contribution in [-0.4, -0.2) is 6.61 Å². The molecule has 0 N–H and O–H groups in total. The van der Waals surface area contributed by atoms with Crippen molar-refractivity contribution in [2.24, 2.45) is 11.8 Å². The van der Waals surface area contributed by atoms with Crippen molar-refractivity contribution >= 4 is 21.9 Å². The molecule has 0 saturated heterocycles. The molecule has 1 heterocycles. The maximum absolute atomic E-state index is 15.5. The third-order valence-corrected chi connectivity index (χ3v) is 7.72. The summed E-state index contributed by atoms with van der Waals surface area (Å²) >= 11 is 0. The van der Waals surface area contributed by atoms with Crippen molar-refractivity contribution in [3.63, 3.8) is 0 Å². The van der Waals surface area contributed by atoms with Gasteiger partial charge in [0.05, 0.1) is 6.61 Å². The zero-order valence-corrected chi connectivity index (χ0v) is 18.4. The van der Waals surface area contributed by atoms with Gasteiger partial charge >= 0.3 is 0 Å². The van der Waals surface area contributed by atoms with Crippen molar-refractivity contribution in [3.05, 3.63) is 41.5 Å². The number of hydrogen-bond donors (Lipinski definition) is 0. The van der Waals surface area contributed by atoms with E-state index < -0.39 is 5.82 Å². The Morgan fingerprint density at radius 2 is 1.48 bits per heavy atom. The second-order valence-corrected chi connectivity index (χ2v) is 9.56. The smallest absolute Gasteiger partial charge is 0.208 e. The normalized spacial score (nSPS) is 22.5. The lowest BCUT2D eigenvalue weighted by molar-refractivity contribution is 0.233. The zero-order valence-electron chi connectivity index (χ0n) is 18.4. The van der Waals surface area contributed by atoms with Crippen LogP contribution >= 0.6 is 0 Å². The minimum atomic E-state index is -0.539. The second kappa shape index (κ2) is 8.80. The lowest BCUT2D eigenvalue weighted by atomic mass is 9.73. The van der Waals surface area contributed by atoms with Crippen molar-refractivity contribution in [1.82, 2.24) is 0 Å². The Labute approximate surface area is 182 Å². The second-order valence-electron chi connectivity index (χ2n) is 9.56. The number of unbranched alkanes of at least 4 members (excludes halogenated alkanes) is 1. The number of ether oxygens (including phenoxy) is 1. The number of rotatable bonds is 6. The van der Waals surface area contributed by atoms with Crippen LogP contribution in [0.5, 0.6) is 5.75 Å². The van der Waals surface area contributed by atoms with Crippen LogP contribution in [0.1, 0.15) is 82.6 Å². The summed E-state index contributed by atoms with van der Waals surface area (Å²) in [5.41, 5.74) is 0.997. The molecule has 0 radical (unpaired) electrons. The minimum absolute atomic E-state index is 0.0880. The summed E-state index contributed by atoms with van der Waals surface area (Å²) in [4.78, 5) is 0. The minimum Gasteiger partial charge on any atom is -0.490 e. The van der Waals surface area contributed by atoms with Crippen LogP contribution in [-0.2, 0) is 0 Å². The van der Waals surface area contributed by atoms with Gasteiger partial charge in [-0.3, -0.25) is 0 Å². The molecular weight excluding hydrogens is 394 g/mol. The van der Waals surface area contributed by atoms with Crippen LogP contribution < -0.4 is 4.74 Å². The first-order valence-electron chi connectivity index (χ1n) is 12.1. The Morgan fingerprint density at radius 1 is 0.839 bits per heavy atom. The summed E-state index contributed by atoms with van der Waals surface area (Å²) in [5.74, 6) is 1.25. The number of hydrogen-bond acceptors (Lipinski definition) is 2. The molecule has 2 aromatic carbocycles. The molecule has 3 aromatic rings. The third-order valence-electron chi connectivity index (χ3n) is 7.72. The predicted molar refractivity (Wildman–Crippen MR) is 121 cm³/mol. The molecule has 4 heteroatoms. The van der Waals surface area contributed by atoms with E-state index in [0.717, 1.165) is 43.1 Å². The summed E-state index contributed by atoms with van der Waals surface area (Å²) in [6, 6.07) is 7.20. The maximum atomic E-state index is 15.5. The fourth-order valence-corrected chi connectivity index (χ4v) is 5.92. The highest BCUT2D eigenvalue weighted by Gasteiger charge is 2.31. The molecule has 2 aliphatic rings. The van der Waals surface area contributed by atoms with Crippen molar-refractivity contribution in [2.45, 2.75) is 77.0 Å². The van der Waals surface area contributed by atoms with E-state index in [4.69, 9.17) is 9.15 Å². The molecule has 2 aliphatic carbocycles. The first-order valence-corrected chi connectivity index (χ1v) is 12.1. The van der Waals surface area contributed by atoms with E-state index in [1.807, 2.05) is 12.1 Å². The predicted octanol–water partition coefficient (Wildman–Crippen LogP) is 8.51. The van der Waals surface area contributed by atoms with Crippen LogP contribution in [0.25, 0.3) is 21.9 Å². The average Bonchev–Trinajstić information content (AvgIpc) is 3.45. The van der Waals surface area contributed by atoms with Crippen LogP contribution in [0.3, 0.4) is 0 Å². The Balaban J connectivity index is 1.41. The molecule has 0 aliphatic heterocycles. The highest BCUT2D eigenvalue weighted by Crippen LogP contribution is 2.45. The summed E-state index contributed by atoms with van der Waals surface area (Å²) in [5, 5.41) is 1.24. The van der Waals surface area contributed by atoms with E-state index in [-0.39, 0.29) is 28.7 Å². The van der Waals surface area contributed by atoms with Gasteiger partial charge in [-0.05, 0) is 73.6 Å². The van der Waals surface area contributed by atoms with Gasteiger partial charge in [-0.1, -0.05) is 45.1 Å². The van der Waals surface area contributed by atoms with Crippen molar-refractivity contribution in [2.75, 3.05) is 6.61 Å². The third kappa shape index (κ3) is 3.83. The highest BCUT2D eigenvalue weighted by atomic mass is 19.1. The molecule has 2 saturated carbocycles. The Bertz CT molecular complexity index is 1060. The molecule has 2 fully saturated rings. The fraction of sp³-hybridized carbons (Fsp3) is 0.556. The molecule has 31 heavy (non-hydrogen) atoms. The van der Waals surface area contributed by atoms with Crippen molar-refractivity contribution in [3.8, 4) is 5.75 Å². The molecule has 0 unspecified atom stereocenters. The summed E-state index contributed by atoms with van der Waals surface area (Å²) in [6.45, 7) is 2.52. The highest BCUT2D eigenvalue weighted by molar-refractivity contribution is 6.05. The van der Waals surface area contributed by atoms with Gasteiger partial charge in [0, 0.05) is 10.8 Å². The first-order chi connectivity index (χ1) is 15.2. The van der Waals surface area contributed by atoms with Gasteiger partial charge < -0.3 is 9.15 Å². The molecule has 0 atom stereocenters. The topological polar surface area (TPSA) is 22.4 Å². The van der Waals surface area contributed by atoms with E-state index in [1.54, 1.807) is 12.1 Å². The lowest BCUT2D eigenvalue weighted by Crippen LogP contribution is -2.19. The van der Waals surface area contributed by atoms with Crippen molar-refractivity contribution < 1.29 is 17.9 Å². The quantitative estimate of drug-likeness (QED) is 0.369. The summed E-state index contributed by atoms with van der Waals surface area (Å²) in [7, 11) is 0. The van der Waals surface area contributed by atoms with Gasteiger partial charge in [0.2, 0.25) is 5.82 Å². The molecule has 1 aromatic heterocycles. The SMILES string of the molecule is CCCCOc1ccc2c(oc3c(F)c(C4CCC(C5CCCC5)CC4)ccc32)c1F. The van der Waals surface area contributed by atoms with Gasteiger partial charge in [-0.25, -0.2) is 4.39 Å². The number of furan rings is 1. The Morgan fingerprint density at radius 3 is 2.19 bits per heavy atom. The lowest BCUT2D eigenvalue weighted by Gasteiger charge is -2.32. The zero-order chi connectivity index (χ0) is 21.4. The number of benzene rings is 2. The largest absolute Gasteiger partial charge is 0.490 e. The van der Waals surface area contributed by atoms with E-state index in [9.17, 15) is 4.39 Å². The van der Waals surface area contributed by atoms with E-state index in [0.29, 0.717) is 17.4 Å². The van der Waals surface area contributed by atoms with Gasteiger partial charge in [-0.15, -0.1) is 0 Å². The molecular formula is C27H32F2O2. The van der Waals surface area contributed by atoms with Crippen LogP contribution in [0.4, 0.5) is 8.78 Å². The van der Waals surface area contributed by atoms with Gasteiger partial charge in [-0.2, -0.15) is 4.39 Å². The first kappa shape index (κ1) is 20.8. The molecule has 0 spiro atoms. The van der Waals surface area contributed by atoms with E-state index in [2.05, 4.69) is 6.92 Å². The molecule has 0 amide bonds. The summed E-state index contributed by atoms with van der Waals surface area (Å²) < 4.78 is 41.8. The van der Waals surface area contributed by atoms with E-state index >= 15 is 4.39 Å². The monoisotopic (exact) mass is 426 g/mol. The van der Waals surface area contributed by atoms with Crippen LogP contribution in [0, 0.1) is 23.5 Å². The van der Waals surface area contributed by atoms with Crippen molar-refractivity contribution in [1.29, 1.82) is 0 Å². The molecule has 5 rings (SSSR count). The Hall–Kier alpha value is -2.10. The van der Waals surface area contributed by atoms with Crippen LogP contribution in [0.2, 0.25) is 0 Å². The molecule has 0 bridgehead atoms. The Kier molecular flexibility index (Phi) is 5.90. The van der Waals surface area contributed by atoms with Gasteiger partial charge in [0.15, 0.2) is 22.7 Å². The average molecular weight is 427 g/mol. The summed E-state index contributed by atoms with van der Waals surface area (Å²) in [6.07, 6.45) is 11.8. The number of fused-ring (bicyclic) bond motifs is 3. The number of halogens is 2. The van der Waals surface area contributed by atoms with Gasteiger partial charge in [0.25, 0.3) is 0 Å². The maximum Gasteiger partial charge on any atom is 0.208 e. The standard InChI is InChI=1S/C27H32F2O2/c1-2-3-16-30-23-15-14-22-21-13-12-20(24(28)26(21)31-27(22)25(23)29)19-10-8-18(9-11-19)17-6-4-5-7-17/h12-15,17-19H,2-11,16H2,1H3. The van der Waals surface area contributed by atoms with E-state index in [1.165, 1.54) is 38.5 Å². The van der Waals surface area contributed by atoms with Gasteiger partial charge in [0.1, 0.15) is 0 Å². The molecule has 2 nitrogen and oxygen atoms in total.